The first kappa shape index (κ1) is 22.3. The largest absolute Gasteiger partial charge is 0.480 e. The molecule has 170 valence electrons. The Labute approximate surface area is 193 Å². The van der Waals surface area contributed by atoms with Gasteiger partial charge in [-0.15, -0.1) is 5.10 Å². The van der Waals surface area contributed by atoms with Crippen molar-refractivity contribution in [2.75, 3.05) is 0 Å². The molecule has 0 saturated carbocycles. The number of benzene rings is 2. The number of nitrogens with one attached hydrogen (secondary N) is 1. The number of nitrogens with zero attached hydrogens (tertiary/aromatic N) is 4. The summed E-state index contributed by atoms with van der Waals surface area (Å²) in [4.78, 5) is 39.3. The van der Waals surface area contributed by atoms with Crippen LogP contribution in [-0.2, 0) is 11.2 Å². The molecule has 0 aliphatic carbocycles. The van der Waals surface area contributed by atoms with E-state index in [2.05, 4.69) is 20.6 Å². The fraction of sp³-hybridized carbons (Fsp3) is 0.0833. The summed E-state index contributed by atoms with van der Waals surface area (Å²) in [6.07, 6.45) is 3.24. The summed E-state index contributed by atoms with van der Waals surface area (Å²) in [6, 6.07) is 17.2. The highest BCUT2D eigenvalue weighted by molar-refractivity contribution is 5.95. The van der Waals surface area contributed by atoms with Crippen LogP contribution in [0.4, 0.5) is 0 Å². The van der Waals surface area contributed by atoms with Crippen molar-refractivity contribution in [2.45, 2.75) is 12.5 Å². The van der Waals surface area contributed by atoms with Gasteiger partial charge < -0.3 is 15.5 Å². The molecule has 2 aromatic heterocycles. The molecule has 0 saturated heterocycles. The first-order valence-electron chi connectivity index (χ1n) is 10.2. The first-order chi connectivity index (χ1) is 16.4. The zero-order valence-electron chi connectivity index (χ0n) is 17.7. The van der Waals surface area contributed by atoms with E-state index in [1.807, 2.05) is 6.07 Å². The van der Waals surface area contributed by atoms with Crippen LogP contribution < -0.4 is 5.32 Å². The Bertz CT molecular complexity index is 1320. The molecule has 0 fully saturated rings. The van der Waals surface area contributed by atoms with E-state index in [0.29, 0.717) is 16.9 Å². The number of aliphatic carboxylic acids is 1. The predicted octanol–water partition coefficient (Wildman–Crippen LogP) is 2.45. The second-order valence-electron chi connectivity index (χ2n) is 7.39. The Hall–Kier alpha value is -4.86. The van der Waals surface area contributed by atoms with E-state index < -0.39 is 23.9 Å². The van der Waals surface area contributed by atoms with Gasteiger partial charge in [-0.25, -0.2) is 14.3 Å². The lowest BCUT2D eigenvalue weighted by molar-refractivity contribution is -0.139. The van der Waals surface area contributed by atoms with Crippen molar-refractivity contribution >= 4 is 17.8 Å². The van der Waals surface area contributed by atoms with Crippen molar-refractivity contribution < 1.29 is 24.6 Å². The number of aromatic nitrogens is 4. The summed E-state index contributed by atoms with van der Waals surface area (Å²) in [5.74, 6) is -2.75. The van der Waals surface area contributed by atoms with E-state index in [9.17, 15) is 19.5 Å². The molecule has 2 heterocycles. The van der Waals surface area contributed by atoms with Gasteiger partial charge in [0.05, 0.1) is 17.4 Å². The Morgan fingerprint density at radius 1 is 0.941 bits per heavy atom. The monoisotopic (exact) mass is 457 g/mol. The molecule has 4 rings (SSSR count). The summed E-state index contributed by atoms with van der Waals surface area (Å²) >= 11 is 0. The number of aromatic carboxylic acids is 1. The molecular formula is C24H19N5O5. The van der Waals surface area contributed by atoms with Gasteiger partial charge in [0.2, 0.25) is 0 Å². The molecule has 0 aliphatic heterocycles. The van der Waals surface area contributed by atoms with Crippen LogP contribution in [0.3, 0.4) is 0 Å². The average Bonchev–Trinajstić information content (AvgIpc) is 3.35. The minimum absolute atomic E-state index is 0.0692. The fourth-order valence-electron chi connectivity index (χ4n) is 3.24. The smallest absolute Gasteiger partial charge is 0.335 e. The number of hydrogen-bond acceptors (Lipinski definition) is 6. The molecule has 3 N–H and O–H groups in total. The van der Waals surface area contributed by atoms with Crippen LogP contribution >= 0.6 is 0 Å². The van der Waals surface area contributed by atoms with E-state index in [1.54, 1.807) is 48.7 Å². The molecule has 0 aliphatic rings. The number of pyridine rings is 1. The van der Waals surface area contributed by atoms with Crippen LogP contribution in [0.1, 0.15) is 26.4 Å². The van der Waals surface area contributed by atoms with E-state index >= 15 is 0 Å². The van der Waals surface area contributed by atoms with Crippen LogP contribution in [-0.4, -0.2) is 54.1 Å². The maximum absolute atomic E-state index is 12.6. The zero-order valence-corrected chi connectivity index (χ0v) is 17.7. The molecule has 10 nitrogen and oxygen atoms in total. The Morgan fingerprint density at radius 2 is 1.68 bits per heavy atom. The van der Waals surface area contributed by atoms with Crippen LogP contribution in [0.15, 0.2) is 79.1 Å². The zero-order chi connectivity index (χ0) is 24.1. The number of amides is 1. The molecule has 4 aromatic rings. The molecule has 0 bridgehead atoms. The SMILES string of the molecule is O=C(O)c1ccc(-n2cc(-c3ccc(C(=O)NC(Cc4ccccc4)C(=O)O)nc3)nn2)cc1. The number of carbonyl (C=O) groups excluding carboxylic acids is 1. The highest BCUT2D eigenvalue weighted by atomic mass is 16.4. The van der Waals surface area contributed by atoms with Gasteiger partial charge in [0.1, 0.15) is 17.4 Å². The van der Waals surface area contributed by atoms with Crippen molar-refractivity contribution in [2.24, 2.45) is 0 Å². The van der Waals surface area contributed by atoms with Crippen LogP contribution in [0, 0.1) is 0 Å². The van der Waals surface area contributed by atoms with Gasteiger partial charge >= 0.3 is 11.9 Å². The molecule has 1 unspecified atom stereocenters. The van der Waals surface area contributed by atoms with Crippen molar-refractivity contribution in [1.82, 2.24) is 25.3 Å². The second-order valence-corrected chi connectivity index (χ2v) is 7.39. The van der Waals surface area contributed by atoms with Crippen LogP contribution in [0.2, 0.25) is 0 Å². The third-order valence-electron chi connectivity index (χ3n) is 5.05. The lowest BCUT2D eigenvalue weighted by Gasteiger charge is -2.14. The van der Waals surface area contributed by atoms with Gasteiger partial charge in [0.15, 0.2) is 0 Å². The van der Waals surface area contributed by atoms with Crippen molar-refractivity contribution in [1.29, 1.82) is 0 Å². The lowest BCUT2D eigenvalue weighted by atomic mass is 10.1. The van der Waals surface area contributed by atoms with Gasteiger partial charge in [-0.1, -0.05) is 35.5 Å². The molecular weight excluding hydrogens is 438 g/mol. The van der Waals surface area contributed by atoms with Gasteiger partial charge in [-0.3, -0.25) is 9.78 Å². The number of carboxylic acids is 2. The number of carbonyl (C=O) groups is 3. The maximum atomic E-state index is 12.6. The van der Waals surface area contributed by atoms with Gasteiger partial charge in [-0.2, -0.15) is 0 Å². The number of carboxylic acid groups (broad SMARTS) is 2. The van der Waals surface area contributed by atoms with Crippen molar-refractivity contribution in [3.63, 3.8) is 0 Å². The van der Waals surface area contributed by atoms with E-state index in [4.69, 9.17) is 5.11 Å². The highest BCUT2D eigenvalue weighted by Crippen LogP contribution is 2.18. The second kappa shape index (κ2) is 9.74. The molecule has 2 aromatic carbocycles. The van der Waals surface area contributed by atoms with E-state index in [-0.39, 0.29) is 17.7 Å². The number of hydrogen-bond donors (Lipinski definition) is 3. The predicted molar refractivity (Wildman–Crippen MR) is 121 cm³/mol. The summed E-state index contributed by atoms with van der Waals surface area (Å²) in [5.41, 5.74) is 2.75. The third-order valence-corrected chi connectivity index (χ3v) is 5.05. The Kier molecular flexibility index (Phi) is 6.40. The van der Waals surface area contributed by atoms with Crippen molar-refractivity contribution in [3.8, 4) is 16.9 Å². The maximum Gasteiger partial charge on any atom is 0.335 e. The lowest BCUT2D eigenvalue weighted by Crippen LogP contribution is -2.42. The standard InChI is InChI=1S/C24H19N5O5/c30-22(26-20(24(33)34)12-15-4-2-1-3-5-15)19-11-8-17(13-25-19)21-14-29(28-27-21)18-9-6-16(7-10-18)23(31)32/h1-11,13-14,20H,12H2,(H,26,30)(H,31,32)(H,33,34). The van der Waals surface area contributed by atoms with Gasteiger partial charge in [0.25, 0.3) is 5.91 Å². The molecule has 0 spiro atoms. The van der Waals surface area contributed by atoms with Crippen LogP contribution in [0.5, 0.6) is 0 Å². The summed E-state index contributed by atoms with van der Waals surface area (Å²) < 4.78 is 1.49. The minimum atomic E-state index is -1.14. The van der Waals surface area contributed by atoms with Crippen molar-refractivity contribution in [3.05, 3.63) is 95.9 Å². The van der Waals surface area contributed by atoms with Crippen LogP contribution in [0.25, 0.3) is 16.9 Å². The molecule has 34 heavy (non-hydrogen) atoms. The summed E-state index contributed by atoms with van der Waals surface area (Å²) in [6.45, 7) is 0. The highest BCUT2D eigenvalue weighted by Gasteiger charge is 2.22. The molecule has 10 heteroatoms. The quantitative estimate of drug-likeness (QED) is 0.366. The normalized spacial score (nSPS) is 11.5. The molecule has 1 atom stereocenters. The minimum Gasteiger partial charge on any atom is -0.480 e. The number of rotatable bonds is 8. The average molecular weight is 457 g/mol. The summed E-state index contributed by atoms with van der Waals surface area (Å²) in [7, 11) is 0. The topological polar surface area (TPSA) is 147 Å². The molecule has 0 radical (unpaired) electrons. The summed E-state index contributed by atoms with van der Waals surface area (Å²) in [5, 5.41) is 29.1. The Balaban J connectivity index is 1.45. The van der Waals surface area contributed by atoms with Gasteiger partial charge in [-0.05, 0) is 42.0 Å². The van der Waals surface area contributed by atoms with Gasteiger partial charge in [0, 0.05) is 18.2 Å². The first-order valence-corrected chi connectivity index (χ1v) is 10.2. The molecule has 1 amide bonds. The van der Waals surface area contributed by atoms with E-state index in [1.165, 1.54) is 29.1 Å². The fourth-order valence-corrected chi connectivity index (χ4v) is 3.24. The third kappa shape index (κ3) is 5.13. The van der Waals surface area contributed by atoms with E-state index in [0.717, 1.165) is 5.56 Å². The Morgan fingerprint density at radius 3 is 2.29 bits per heavy atom.